The van der Waals surface area contributed by atoms with Crippen molar-refractivity contribution in [3.8, 4) is 5.75 Å². The van der Waals surface area contributed by atoms with Crippen LogP contribution in [0.5, 0.6) is 5.75 Å². The Morgan fingerprint density at radius 1 is 1.09 bits per heavy atom. The van der Waals surface area contributed by atoms with Crippen LogP contribution in [0.1, 0.15) is 57.9 Å². The van der Waals surface area contributed by atoms with Crippen LogP contribution in [-0.4, -0.2) is 94.5 Å². The lowest BCUT2D eigenvalue weighted by atomic mass is 9.94. The number of nitrogens with two attached hydrogens (primary N) is 1. The molecule has 3 amide bonds. The van der Waals surface area contributed by atoms with Crippen LogP contribution in [-0.2, 0) is 35.3 Å². The number of amides is 3. The van der Waals surface area contributed by atoms with E-state index in [4.69, 9.17) is 20.3 Å². The van der Waals surface area contributed by atoms with Gasteiger partial charge in [0.15, 0.2) is 6.10 Å². The summed E-state index contributed by atoms with van der Waals surface area (Å²) in [6, 6.07) is 3.48. The number of aliphatic hydroxyl groups excluding tert-OH is 2. The molecule has 44 heavy (non-hydrogen) atoms. The summed E-state index contributed by atoms with van der Waals surface area (Å²) in [5, 5.41) is 45.2. The van der Waals surface area contributed by atoms with Crippen molar-refractivity contribution < 1.29 is 58.6 Å². The van der Waals surface area contributed by atoms with Crippen molar-refractivity contribution in [1.29, 1.82) is 0 Å². The number of ether oxygens (including phenoxy) is 3. The molecule has 0 aliphatic carbocycles. The quantitative estimate of drug-likeness (QED) is 0.0855. The van der Waals surface area contributed by atoms with Gasteiger partial charge in [-0.25, -0.2) is 9.59 Å². The monoisotopic (exact) mass is 626 g/mol. The summed E-state index contributed by atoms with van der Waals surface area (Å²) >= 11 is 0. The average molecular weight is 627 g/mol. The van der Waals surface area contributed by atoms with E-state index in [2.05, 4.69) is 20.7 Å². The van der Waals surface area contributed by atoms with Crippen molar-refractivity contribution >= 4 is 35.5 Å². The molecular weight excluding hydrogens is 584 g/mol. The third-order valence-corrected chi connectivity index (χ3v) is 6.71. The Hall–Kier alpha value is -3.99. The number of carbonyl (C=O) groups excluding carboxylic acids is 3. The molecule has 1 aliphatic heterocycles. The van der Waals surface area contributed by atoms with Gasteiger partial charge in [-0.15, -0.1) is 0 Å². The number of unbranched alkanes of at least 4 members (excludes halogenated alkanes) is 1. The fourth-order valence-electron chi connectivity index (χ4n) is 4.03. The lowest BCUT2D eigenvalue weighted by molar-refractivity contribution is -0.195. The largest absolute Gasteiger partial charge is 0.506 e. The van der Waals surface area contributed by atoms with Crippen LogP contribution in [0.3, 0.4) is 0 Å². The molecule has 1 unspecified atom stereocenters. The molecule has 0 spiro atoms. The third-order valence-electron chi connectivity index (χ3n) is 6.71. The van der Waals surface area contributed by atoms with Crippen LogP contribution >= 0.6 is 0 Å². The summed E-state index contributed by atoms with van der Waals surface area (Å²) in [7, 11) is 0. The summed E-state index contributed by atoms with van der Waals surface area (Å²) in [5.74, 6) is -2.45. The van der Waals surface area contributed by atoms with Gasteiger partial charge in [0.1, 0.15) is 12.4 Å². The number of anilines is 1. The number of nitrogens with one attached hydrogen (secondary N) is 3. The number of benzene rings is 1. The minimum atomic E-state index is -1.50. The zero-order valence-corrected chi connectivity index (χ0v) is 24.7. The Morgan fingerprint density at radius 3 is 2.48 bits per heavy atom. The first-order chi connectivity index (χ1) is 20.7. The van der Waals surface area contributed by atoms with Gasteiger partial charge in [-0.2, -0.15) is 0 Å². The number of rotatable bonds is 17. The van der Waals surface area contributed by atoms with Crippen LogP contribution in [0.25, 0.3) is 0 Å². The zero-order valence-electron chi connectivity index (χ0n) is 24.7. The zero-order chi connectivity index (χ0) is 32.9. The SMILES string of the molecule is CC(C)(CO)C(=O)NCCCCC(N)C(=O)NCCC(=O)Nc1cc(COC(=O)O)ccc1O[C@H]1C[C@@H](O)C[C@@H](C(=O)O)O1. The van der Waals surface area contributed by atoms with E-state index in [9.17, 15) is 39.3 Å². The lowest BCUT2D eigenvalue weighted by Gasteiger charge is -2.31. The normalized spacial score (nSPS) is 18.9. The van der Waals surface area contributed by atoms with Gasteiger partial charge in [0, 0.05) is 32.4 Å². The average Bonchev–Trinajstić information content (AvgIpc) is 2.96. The molecule has 1 aromatic rings. The van der Waals surface area contributed by atoms with Crippen LogP contribution in [0.2, 0.25) is 0 Å². The minimum Gasteiger partial charge on any atom is -0.479 e. The molecule has 1 aliphatic rings. The van der Waals surface area contributed by atoms with Gasteiger partial charge in [0.05, 0.1) is 29.9 Å². The Morgan fingerprint density at radius 2 is 1.82 bits per heavy atom. The van der Waals surface area contributed by atoms with Crippen LogP contribution in [0, 0.1) is 5.41 Å². The maximum absolute atomic E-state index is 12.7. The molecule has 4 atom stereocenters. The van der Waals surface area contributed by atoms with Crippen molar-refractivity contribution in [3.63, 3.8) is 0 Å². The van der Waals surface area contributed by atoms with E-state index in [1.165, 1.54) is 18.2 Å². The molecule has 246 valence electrons. The van der Waals surface area contributed by atoms with Gasteiger partial charge >= 0.3 is 12.1 Å². The highest BCUT2D eigenvalue weighted by molar-refractivity contribution is 5.93. The fourth-order valence-corrected chi connectivity index (χ4v) is 4.03. The van der Waals surface area contributed by atoms with Gasteiger partial charge in [0.2, 0.25) is 24.0 Å². The summed E-state index contributed by atoms with van der Waals surface area (Å²) in [5.41, 5.74) is 5.53. The van der Waals surface area contributed by atoms with E-state index in [0.29, 0.717) is 31.4 Å². The van der Waals surface area contributed by atoms with Crippen molar-refractivity contribution in [3.05, 3.63) is 23.8 Å². The molecule has 2 rings (SSSR count). The minimum absolute atomic E-state index is 0.0239. The van der Waals surface area contributed by atoms with E-state index < -0.39 is 53.9 Å². The molecule has 1 fully saturated rings. The predicted molar refractivity (Wildman–Crippen MR) is 153 cm³/mol. The van der Waals surface area contributed by atoms with E-state index >= 15 is 0 Å². The molecule has 1 heterocycles. The maximum atomic E-state index is 12.7. The van der Waals surface area contributed by atoms with Crippen molar-refractivity contribution in [2.45, 2.75) is 83.5 Å². The standard InChI is InChI=1S/C28H42N4O12/c1-28(2,15-33)26(39)31-9-4-3-5-18(29)24(36)30-10-8-22(35)32-19-11-16(14-42-27(40)41)6-7-20(19)43-23-13-17(34)12-21(44-23)25(37)38/h6-7,11,17-18,21,23,33-34H,3-5,8-10,12-15,29H2,1-2H3,(H,30,36)(H,31,39)(H,32,35)(H,37,38)(H,40,41)/t17-,18?,21-,23+/m0/s1. The number of carboxylic acids is 1. The molecular formula is C28H42N4O12. The van der Waals surface area contributed by atoms with Gasteiger partial charge < -0.3 is 56.3 Å². The van der Waals surface area contributed by atoms with Crippen LogP contribution in [0.4, 0.5) is 10.5 Å². The van der Waals surface area contributed by atoms with Crippen LogP contribution in [0.15, 0.2) is 18.2 Å². The second-order valence-electron chi connectivity index (χ2n) is 11.0. The highest BCUT2D eigenvalue weighted by Gasteiger charge is 2.34. The third kappa shape index (κ3) is 12.3. The lowest BCUT2D eigenvalue weighted by Crippen LogP contribution is -2.42. The number of carbonyl (C=O) groups is 5. The molecule has 0 aromatic heterocycles. The molecule has 1 aromatic carbocycles. The number of aliphatic hydroxyl groups is 2. The van der Waals surface area contributed by atoms with Crippen molar-refractivity contribution in [2.24, 2.45) is 11.1 Å². The molecule has 0 bridgehead atoms. The number of hydrogen-bond acceptors (Lipinski definition) is 11. The van der Waals surface area contributed by atoms with E-state index in [1.807, 2.05) is 0 Å². The highest BCUT2D eigenvalue weighted by Crippen LogP contribution is 2.30. The topological polar surface area (TPSA) is 256 Å². The van der Waals surface area contributed by atoms with Gasteiger partial charge in [0.25, 0.3) is 0 Å². The number of carboxylic acid groups (broad SMARTS) is 2. The fraction of sp³-hybridized carbons (Fsp3) is 0.607. The maximum Gasteiger partial charge on any atom is 0.506 e. The van der Waals surface area contributed by atoms with Crippen molar-refractivity contribution in [2.75, 3.05) is 25.0 Å². The Bertz CT molecular complexity index is 1160. The molecule has 0 saturated carbocycles. The number of hydrogen-bond donors (Lipinski definition) is 8. The van der Waals surface area contributed by atoms with E-state index in [0.717, 1.165) is 0 Å². The molecule has 1 saturated heterocycles. The molecule has 16 heteroatoms. The number of aliphatic carboxylic acids is 1. The van der Waals surface area contributed by atoms with Crippen LogP contribution < -0.4 is 26.4 Å². The van der Waals surface area contributed by atoms with E-state index in [1.54, 1.807) is 13.8 Å². The summed E-state index contributed by atoms with van der Waals surface area (Å²) in [4.78, 5) is 59.1. The van der Waals surface area contributed by atoms with Gasteiger partial charge in [-0.1, -0.05) is 6.07 Å². The molecule has 9 N–H and O–H groups in total. The Balaban J connectivity index is 1.88. The van der Waals surface area contributed by atoms with Gasteiger partial charge in [-0.3, -0.25) is 14.4 Å². The van der Waals surface area contributed by atoms with Gasteiger partial charge in [-0.05, 0) is 50.8 Å². The van der Waals surface area contributed by atoms with E-state index in [-0.39, 0.29) is 56.4 Å². The second kappa shape index (κ2) is 17.3. The predicted octanol–water partition coefficient (Wildman–Crippen LogP) is 0.288. The smallest absolute Gasteiger partial charge is 0.479 e. The summed E-state index contributed by atoms with van der Waals surface area (Å²) < 4.78 is 15.7. The first-order valence-electron chi connectivity index (χ1n) is 14.2. The Kier molecular flexibility index (Phi) is 14.3. The van der Waals surface area contributed by atoms with Crippen molar-refractivity contribution in [1.82, 2.24) is 10.6 Å². The first-order valence-corrected chi connectivity index (χ1v) is 14.2. The highest BCUT2D eigenvalue weighted by atomic mass is 16.7. The molecule has 0 radical (unpaired) electrons. The summed E-state index contributed by atoms with van der Waals surface area (Å²) in [6.07, 6.45) is -3.70. The second-order valence-corrected chi connectivity index (χ2v) is 11.0. The molecule has 16 nitrogen and oxygen atoms in total. The Labute approximate surface area is 254 Å². The summed E-state index contributed by atoms with van der Waals surface area (Å²) in [6.45, 7) is 2.99. The first kappa shape index (κ1) is 36.2.